The Kier molecular flexibility index (Phi) is 8.72. The molecule has 0 nitrogen and oxygen atoms in total. The predicted molar refractivity (Wildman–Crippen MR) is 154 cm³/mol. The highest BCUT2D eigenvalue weighted by Crippen LogP contribution is 2.36. The predicted octanol–water partition coefficient (Wildman–Crippen LogP) is 9.07. The zero-order valence-corrected chi connectivity index (χ0v) is 24.8. The lowest BCUT2D eigenvalue weighted by Crippen LogP contribution is -2.24. The molecule has 0 aliphatic heterocycles. The Morgan fingerprint density at radius 3 is 0.818 bits per heavy atom. The lowest BCUT2D eigenvalue weighted by molar-refractivity contribution is 0.489. The van der Waals surface area contributed by atoms with E-state index < -0.39 is 0 Å². The van der Waals surface area contributed by atoms with Crippen LogP contribution in [-0.2, 0) is 21.7 Å². The molecule has 0 aliphatic rings. The van der Waals surface area contributed by atoms with Crippen molar-refractivity contribution in [1.82, 2.24) is 0 Å². The summed E-state index contributed by atoms with van der Waals surface area (Å²) in [6.07, 6.45) is 4.61. The molecule has 2 rings (SSSR count). The van der Waals surface area contributed by atoms with E-state index in [4.69, 9.17) is 0 Å². The molecular formula is C32H51P. The van der Waals surface area contributed by atoms with Gasteiger partial charge in [0.1, 0.15) is 0 Å². The van der Waals surface area contributed by atoms with Crippen LogP contribution in [-0.4, -0.2) is 0 Å². The Morgan fingerprint density at radius 1 is 0.424 bits per heavy atom. The summed E-state index contributed by atoms with van der Waals surface area (Å²) in [5.74, 6) is 0. The Hall–Kier alpha value is -1.13. The number of hydrogen-bond donors (Lipinski definition) is 0. The van der Waals surface area contributed by atoms with Crippen LogP contribution in [0, 0.1) is 0 Å². The number of benzene rings is 2. The van der Waals surface area contributed by atoms with Gasteiger partial charge in [0.15, 0.2) is 0 Å². The van der Waals surface area contributed by atoms with Crippen LogP contribution in [0.3, 0.4) is 0 Å². The first-order chi connectivity index (χ1) is 15.1. The summed E-state index contributed by atoms with van der Waals surface area (Å²) < 4.78 is 0. The molecular weight excluding hydrogens is 415 g/mol. The van der Waals surface area contributed by atoms with E-state index in [-0.39, 0.29) is 21.7 Å². The zero-order chi connectivity index (χ0) is 25.2. The third-order valence-electron chi connectivity index (χ3n) is 8.82. The van der Waals surface area contributed by atoms with E-state index >= 15 is 0 Å². The van der Waals surface area contributed by atoms with Gasteiger partial charge in [-0.25, -0.2) is 0 Å². The molecule has 0 spiro atoms. The molecule has 0 saturated heterocycles. The molecule has 2 aromatic rings. The number of hydrogen-bond acceptors (Lipinski definition) is 0. The third kappa shape index (κ3) is 6.51. The Balaban J connectivity index is 2.68. The van der Waals surface area contributed by atoms with E-state index in [0.717, 1.165) is 25.7 Å². The molecule has 2 aromatic carbocycles. The summed E-state index contributed by atoms with van der Waals surface area (Å²) in [6.45, 7) is 28.4. The van der Waals surface area contributed by atoms with Crippen molar-refractivity contribution in [2.45, 2.75) is 130 Å². The molecule has 1 heteroatoms. The molecule has 0 heterocycles. The van der Waals surface area contributed by atoms with E-state index in [1.165, 1.54) is 32.9 Å². The molecule has 0 amide bonds. The fourth-order valence-electron chi connectivity index (χ4n) is 3.95. The third-order valence-corrected chi connectivity index (χ3v) is 9.97. The van der Waals surface area contributed by atoms with E-state index in [9.17, 15) is 0 Å². The SMILES string of the molecule is CCC(C)(C)c1cc(Pc2cc(C(C)(C)CC)cc(C(C)(C)CC)c2)cc(C(C)(C)CC)c1. The smallest absolute Gasteiger partial charge is 0.0106 e. The van der Waals surface area contributed by atoms with Crippen LogP contribution in [0.4, 0.5) is 0 Å². The van der Waals surface area contributed by atoms with Crippen LogP contribution < -0.4 is 10.6 Å². The molecule has 0 unspecified atom stereocenters. The van der Waals surface area contributed by atoms with Crippen LogP contribution in [0.25, 0.3) is 0 Å². The molecule has 0 saturated carbocycles. The maximum absolute atomic E-state index is 2.50. The first kappa shape index (κ1) is 28.1. The van der Waals surface area contributed by atoms with Gasteiger partial charge in [-0.2, -0.15) is 0 Å². The van der Waals surface area contributed by atoms with Gasteiger partial charge < -0.3 is 0 Å². The highest BCUT2D eigenvalue weighted by molar-refractivity contribution is 7.55. The molecule has 0 atom stereocenters. The summed E-state index contributed by atoms with van der Waals surface area (Å²) in [5, 5.41) is 2.97. The van der Waals surface area contributed by atoms with Crippen molar-refractivity contribution >= 4 is 19.2 Å². The molecule has 0 aliphatic carbocycles. The largest absolute Gasteiger partial charge is 0.0646 e. The van der Waals surface area contributed by atoms with Gasteiger partial charge in [-0.3, -0.25) is 0 Å². The van der Waals surface area contributed by atoms with Crippen molar-refractivity contribution < 1.29 is 0 Å². The van der Waals surface area contributed by atoms with Crippen LogP contribution in [0.5, 0.6) is 0 Å². The summed E-state index contributed by atoms with van der Waals surface area (Å²) in [6, 6.07) is 15.0. The average molecular weight is 467 g/mol. The summed E-state index contributed by atoms with van der Waals surface area (Å²) in [5.41, 5.74) is 6.75. The normalized spacial score (nSPS) is 13.5. The lowest BCUT2D eigenvalue weighted by Gasteiger charge is -2.31. The molecule has 0 bridgehead atoms. The highest BCUT2D eigenvalue weighted by atomic mass is 31.1. The van der Waals surface area contributed by atoms with Gasteiger partial charge in [-0.1, -0.05) is 128 Å². The second-order valence-corrected chi connectivity index (χ2v) is 14.1. The maximum Gasteiger partial charge on any atom is -0.0106 e. The van der Waals surface area contributed by atoms with Gasteiger partial charge in [0.25, 0.3) is 0 Å². The van der Waals surface area contributed by atoms with Gasteiger partial charge in [0, 0.05) is 0 Å². The van der Waals surface area contributed by atoms with Crippen molar-refractivity contribution in [3.8, 4) is 0 Å². The van der Waals surface area contributed by atoms with E-state index in [0.29, 0.717) is 8.58 Å². The molecule has 184 valence electrons. The van der Waals surface area contributed by atoms with Gasteiger partial charge in [0.2, 0.25) is 0 Å². The van der Waals surface area contributed by atoms with Crippen molar-refractivity contribution in [2.24, 2.45) is 0 Å². The molecule has 33 heavy (non-hydrogen) atoms. The monoisotopic (exact) mass is 466 g/mol. The Bertz CT molecular complexity index is 797. The van der Waals surface area contributed by atoms with Crippen molar-refractivity contribution in [2.75, 3.05) is 0 Å². The molecule has 0 radical (unpaired) electrons. The summed E-state index contributed by atoms with van der Waals surface area (Å²) in [4.78, 5) is 0. The van der Waals surface area contributed by atoms with Crippen LogP contribution >= 0.6 is 8.58 Å². The fourth-order valence-corrected chi connectivity index (χ4v) is 5.19. The Morgan fingerprint density at radius 2 is 0.636 bits per heavy atom. The molecule has 0 fully saturated rings. The van der Waals surface area contributed by atoms with Crippen molar-refractivity contribution in [3.05, 3.63) is 58.7 Å². The molecule has 0 aromatic heterocycles. The van der Waals surface area contributed by atoms with E-state index in [2.05, 4.69) is 119 Å². The zero-order valence-electron chi connectivity index (χ0n) is 23.8. The van der Waals surface area contributed by atoms with Crippen LogP contribution in [0.2, 0.25) is 0 Å². The second kappa shape index (κ2) is 10.2. The van der Waals surface area contributed by atoms with Gasteiger partial charge in [0.05, 0.1) is 0 Å². The second-order valence-electron chi connectivity index (χ2n) is 12.7. The van der Waals surface area contributed by atoms with Crippen molar-refractivity contribution in [3.63, 3.8) is 0 Å². The minimum Gasteiger partial charge on any atom is -0.0646 e. The Labute approximate surface area is 208 Å². The minimum absolute atomic E-state index is 0.195. The quantitative estimate of drug-likeness (QED) is 0.306. The topological polar surface area (TPSA) is 0 Å². The van der Waals surface area contributed by atoms with E-state index in [1.54, 1.807) is 0 Å². The van der Waals surface area contributed by atoms with Crippen LogP contribution in [0.15, 0.2) is 36.4 Å². The van der Waals surface area contributed by atoms with Gasteiger partial charge in [-0.15, -0.1) is 0 Å². The van der Waals surface area contributed by atoms with Crippen LogP contribution in [0.1, 0.15) is 131 Å². The summed E-state index contributed by atoms with van der Waals surface area (Å²) in [7, 11) is 0.684. The fraction of sp³-hybridized carbons (Fsp3) is 0.625. The lowest BCUT2D eigenvalue weighted by atomic mass is 9.76. The first-order valence-corrected chi connectivity index (χ1v) is 14.2. The first-order valence-electron chi connectivity index (χ1n) is 13.2. The number of rotatable bonds is 10. The van der Waals surface area contributed by atoms with Gasteiger partial charge >= 0.3 is 0 Å². The minimum atomic E-state index is 0.195. The average Bonchev–Trinajstić information content (AvgIpc) is 2.78. The maximum atomic E-state index is 2.50. The summed E-state index contributed by atoms with van der Waals surface area (Å²) >= 11 is 0. The van der Waals surface area contributed by atoms with E-state index in [1.807, 2.05) is 0 Å². The van der Waals surface area contributed by atoms with Gasteiger partial charge in [-0.05, 0) is 80.2 Å². The molecule has 0 N–H and O–H groups in total. The van der Waals surface area contributed by atoms with Crippen molar-refractivity contribution in [1.29, 1.82) is 0 Å². The highest BCUT2D eigenvalue weighted by Gasteiger charge is 2.26. The standard InChI is InChI=1S/C32H51P/c1-13-29(5,6)23-17-24(30(7,8)14-2)20-27(19-23)33-28-21-25(31(9,10)15-3)18-26(22-28)32(11,12)16-4/h17-22,33H,13-16H2,1-12H3.